The van der Waals surface area contributed by atoms with E-state index in [4.69, 9.17) is 4.74 Å². The zero-order valence-corrected chi connectivity index (χ0v) is 7.87. The summed E-state index contributed by atoms with van der Waals surface area (Å²) in [7, 11) is 0. The van der Waals surface area contributed by atoms with Crippen LogP contribution in [0.3, 0.4) is 0 Å². The fraction of sp³-hybridized carbons (Fsp3) is 0.182. The normalized spacial score (nSPS) is 10.4. The number of hydrogen-bond acceptors (Lipinski definition) is 2. The Labute approximate surface area is 82.0 Å². The van der Waals surface area contributed by atoms with Crippen molar-refractivity contribution in [1.29, 1.82) is 0 Å². The second kappa shape index (κ2) is 5.17. The predicted molar refractivity (Wildman–Crippen MR) is 51.5 cm³/mol. The van der Waals surface area contributed by atoms with Crippen molar-refractivity contribution in [3.8, 4) is 0 Å². The number of halogens is 1. The van der Waals surface area contributed by atoms with Crippen LogP contribution in [0, 0.1) is 5.82 Å². The summed E-state index contributed by atoms with van der Waals surface area (Å²) in [4.78, 5) is 11.3. The summed E-state index contributed by atoms with van der Waals surface area (Å²) in [6, 6.07) is 5.38. The Hall–Kier alpha value is -1.64. The molecular weight excluding hydrogens is 183 g/mol. The van der Waals surface area contributed by atoms with E-state index in [1.807, 2.05) is 6.92 Å². The van der Waals surface area contributed by atoms with Crippen LogP contribution >= 0.6 is 0 Å². The lowest BCUT2D eigenvalue weighted by atomic mass is 10.1. The SMILES string of the molecule is CCOC=CC(=O)c1ccc(F)cc1. The Balaban J connectivity index is 2.65. The standard InChI is InChI=1S/C11H11FO2/c1-2-14-8-7-11(13)9-3-5-10(12)6-4-9/h3-8H,2H2,1H3. The lowest BCUT2D eigenvalue weighted by Gasteiger charge is -1.95. The topological polar surface area (TPSA) is 26.3 Å². The summed E-state index contributed by atoms with van der Waals surface area (Å²) in [6.07, 6.45) is 2.66. The molecule has 0 saturated heterocycles. The van der Waals surface area contributed by atoms with Gasteiger partial charge in [0.2, 0.25) is 0 Å². The first-order valence-corrected chi connectivity index (χ1v) is 4.32. The molecule has 1 aromatic carbocycles. The van der Waals surface area contributed by atoms with Gasteiger partial charge in [0, 0.05) is 11.6 Å². The highest BCUT2D eigenvalue weighted by molar-refractivity contribution is 6.04. The molecule has 3 heteroatoms. The van der Waals surface area contributed by atoms with Gasteiger partial charge in [0.05, 0.1) is 12.9 Å². The molecule has 0 aliphatic heterocycles. The first-order valence-electron chi connectivity index (χ1n) is 4.32. The molecule has 0 unspecified atom stereocenters. The van der Waals surface area contributed by atoms with E-state index in [-0.39, 0.29) is 11.6 Å². The smallest absolute Gasteiger partial charge is 0.188 e. The van der Waals surface area contributed by atoms with Crippen LogP contribution in [0.4, 0.5) is 4.39 Å². The molecule has 0 atom stereocenters. The van der Waals surface area contributed by atoms with Gasteiger partial charge in [-0.3, -0.25) is 4.79 Å². The predicted octanol–water partition coefficient (Wildman–Crippen LogP) is 2.56. The molecule has 0 amide bonds. The van der Waals surface area contributed by atoms with Gasteiger partial charge in [0.25, 0.3) is 0 Å². The summed E-state index contributed by atoms with van der Waals surface area (Å²) < 4.78 is 17.4. The van der Waals surface area contributed by atoms with Crippen LogP contribution in [0.15, 0.2) is 36.6 Å². The highest BCUT2D eigenvalue weighted by Gasteiger charge is 2.00. The molecule has 1 aromatic rings. The van der Waals surface area contributed by atoms with E-state index in [2.05, 4.69) is 0 Å². The maximum absolute atomic E-state index is 12.5. The van der Waals surface area contributed by atoms with E-state index in [1.165, 1.54) is 36.6 Å². The maximum atomic E-state index is 12.5. The third kappa shape index (κ3) is 3.01. The van der Waals surface area contributed by atoms with Crippen LogP contribution in [0.1, 0.15) is 17.3 Å². The van der Waals surface area contributed by atoms with E-state index in [0.29, 0.717) is 12.2 Å². The van der Waals surface area contributed by atoms with Gasteiger partial charge in [-0.15, -0.1) is 0 Å². The van der Waals surface area contributed by atoms with Gasteiger partial charge < -0.3 is 4.74 Å². The molecule has 0 bridgehead atoms. The molecule has 0 heterocycles. The van der Waals surface area contributed by atoms with Crippen molar-refractivity contribution in [3.63, 3.8) is 0 Å². The molecule has 14 heavy (non-hydrogen) atoms. The number of carbonyl (C=O) groups is 1. The molecule has 74 valence electrons. The second-order valence-electron chi connectivity index (χ2n) is 2.63. The van der Waals surface area contributed by atoms with E-state index in [1.54, 1.807) is 0 Å². The van der Waals surface area contributed by atoms with Crippen LogP contribution in [-0.4, -0.2) is 12.4 Å². The molecule has 0 fully saturated rings. The Kier molecular flexibility index (Phi) is 3.85. The molecular formula is C11H11FO2. The lowest BCUT2D eigenvalue weighted by Crippen LogP contribution is -1.94. The largest absolute Gasteiger partial charge is 0.501 e. The fourth-order valence-electron chi connectivity index (χ4n) is 0.917. The summed E-state index contributed by atoms with van der Waals surface area (Å²) in [5.41, 5.74) is 0.447. The number of hydrogen-bond donors (Lipinski definition) is 0. The quantitative estimate of drug-likeness (QED) is 0.418. The minimum atomic E-state index is -0.352. The van der Waals surface area contributed by atoms with Crippen LogP contribution in [0.25, 0.3) is 0 Å². The lowest BCUT2D eigenvalue weighted by molar-refractivity contribution is 0.104. The summed E-state index contributed by atoms with van der Waals surface area (Å²) in [5.74, 6) is -0.547. The van der Waals surface area contributed by atoms with Gasteiger partial charge in [-0.05, 0) is 31.2 Å². The number of rotatable bonds is 4. The van der Waals surface area contributed by atoms with Crippen molar-refractivity contribution >= 4 is 5.78 Å². The van der Waals surface area contributed by atoms with Gasteiger partial charge in [0.15, 0.2) is 5.78 Å². The van der Waals surface area contributed by atoms with E-state index in [9.17, 15) is 9.18 Å². The van der Waals surface area contributed by atoms with Crippen molar-refractivity contribution in [2.75, 3.05) is 6.61 Å². The number of allylic oxidation sites excluding steroid dienone is 1. The Bertz CT molecular complexity index is 328. The van der Waals surface area contributed by atoms with Gasteiger partial charge in [-0.25, -0.2) is 4.39 Å². The van der Waals surface area contributed by atoms with Gasteiger partial charge in [0.1, 0.15) is 5.82 Å². The number of carbonyl (C=O) groups excluding carboxylic acids is 1. The van der Waals surface area contributed by atoms with Crippen molar-refractivity contribution in [3.05, 3.63) is 48.0 Å². The van der Waals surface area contributed by atoms with Crippen molar-refractivity contribution in [2.24, 2.45) is 0 Å². The first-order chi connectivity index (χ1) is 6.74. The highest BCUT2D eigenvalue weighted by Crippen LogP contribution is 2.04. The van der Waals surface area contributed by atoms with Crippen molar-refractivity contribution in [2.45, 2.75) is 6.92 Å². The molecule has 2 nitrogen and oxygen atoms in total. The average molecular weight is 194 g/mol. The molecule has 0 aromatic heterocycles. The Morgan fingerprint density at radius 1 is 1.43 bits per heavy atom. The van der Waals surface area contributed by atoms with Gasteiger partial charge in [-0.1, -0.05) is 0 Å². The van der Waals surface area contributed by atoms with Gasteiger partial charge >= 0.3 is 0 Å². The monoisotopic (exact) mass is 194 g/mol. The van der Waals surface area contributed by atoms with E-state index >= 15 is 0 Å². The molecule has 0 radical (unpaired) electrons. The second-order valence-corrected chi connectivity index (χ2v) is 2.63. The fourth-order valence-corrected chi connectivity index (χ4v) is 0.917. The number of ether oxygens (including phenoxy) is 1. The van der Waals surface area contributed by atoms with Gasteiger partial charge in [-0.2, -0.15) is 0 Å². The zero-order chi connectivity index (χ0) is 10.4. The third-order valence-electron chi connectivity index (χ3n) is 1.61. The molecule has 0 N–H and O–H groups in total. The zero-order valence-electron chi connectivity index (χ0n) is 7.87. The van der Waals surface area contributed by atoms with Crippen LogP contribution in [0.5, 0.6) is 0 Å². The molecule has 0 spiro atoms. The molecule has 0 aliphatic rings. The average Bonchev–Trinajstić information content (AvgIpc) is 2.19. The molecule has 0 saturated carbocycles. The number of benzene rings is 1. The van der Waals surface area contributed by atoms with Crippen LogP contribution in [0.2, 0.25) is 0 Å². The third-order valence-corrected chi connectivity index (χ3v) is 1.61. The van der Waals surface area contributed by atoms with E-state index < -0.39 is 0 Å². The summed E-state index contributed by atoms with van der Waals surface area (Å²) in [5, 5.41) is 0. The minimum absolute atomic E-state index is 0.196. The van der Waals surface area contributed by atoms with Crippen molar-refractivity contribution in [1.82, 2.24) is 0 Å². The van der Waals surface area contributed by atoms with Crippen LogP contribution < -0.4 is 0 Å². The number of ketones is 1. The Morgan fingerprint density at radius 2 is 2.07 bits per heavy atom. The molecule has 0 aliphatic carbocycles. The van der Waals surface area contributed by atoms with Crippen molar-refractivity contribution < 1.29 is 13.9 Å². The Morgan fingerprint density at radius 3 is 2.64 bits per heavy atom. The maximum Gasteiger partial charge on any atom is 0.188 e. The first kappa shape index (κ1) is 10.4. The highest BCUT2D eigenvalue weighted by atomic mass is 19.1. The summed E-state index contributed by atoms with van der Waals surface area (Å²) >= 11 is 0. The molecule has 1 rings (SSSR count). The summed E-state index contributed by atoms with van der Waals surface area (Å²) in [6.45, 7) is 2.35. The van der Waals surface area contributed by atoms with E-state index in [0.717, 1.165) is 0 Å². The van der Waals surface area contributed by atoms with Crippen LogP contribution in [-0.2, 0) is 4.74 Å². The minimum Gasteiger partial charge on any atom is -0.501 e.